The van der Waals surface area contributed by atoms with Crippen molar-refractivity contribution in [1.29, 1.82) is 0 Å². The smallest absolute Gasteiger partial charge is 0.0589 e. The van der Waals surface area contributed by atoms with E-state index in [1.165, 1.54) is 27.4 Å². The molecular weight excluding hydrogens is 226 g/mol. The minimum Gasteiger partial charge on any atom is -0.354 e. The molecule has 0 aliphatic rings. The Hall–Kier alpha value is -1.80. The zero-order valence-electron chi connectivity index (χ0n) is 9.60. The first-order valence-corrected chi connectivity index (χ1v) is 6.51. The lowest BCUT2D eigenvalue weighted by Gasteiger charge is -1.97. The zero-order chi connectivity index (χ0) is 11.7. The molecule has 0 aliphatic heterocycles. The molecule has 1 N–H and O–H groups in total. The number of aromatic amines is 1. The predicted molar refractivity (Wildman–Crippen MR) is 74.3 cm³/mol. The molecule has 1 nitrogen and oxygen atoms in total. The van der Waals surface area contributed by atoms with Crippen molar-refractivity contribution in [3.63, 3.8) is 0 Å². The Morgan fingerprint density at radius 1 is 1.00 bits per heavy atom. The van der Waals surface area contributed by atoms with Crippen LogP contribution in [0.3, 0.4) is 0 Å². The van der Waals surface area contributed by atoms with Crippen molar-refractivity contribution < 1.29 is 0 Å². The average molecular weight is 239 g/mol. The van der Waals surface area contributed by atoms with E-state index in [-0.39, 0.29) is 0 Å². The summed E-state index contributed by atoms with van der Waals surface area (Å²) in [5, 5.41) is 2.11. The van der Waals surface area contributed by atoms with Crippen LogP contribution in [0.2, 0.25) is 0 Å². The van der Waals surface area contributed by atoms with E-state index in [0.717, 1.165) is 0 Å². The van der Waals surface area contributed by atoms with E-state index in [4.69, 9.17) is 0 Å². The summed E-state index contributed by atoms with van der Waals surface area (Å²) in [5.41, 5.74) is 4.95. The Labute approximate surface area is 105 Å². The normalized spacial score (nSPS) is 10.6. The largest absolute Gasteiger partial charge is 0.354 e. The maximum atomic E-state index is 3.51. The van der Waals surface area contributed by atoms with Crippen molar-refractivity contribution in [2.24, 2.45) is 0 Å². The maximum Gasteiger partial charge on any atom is 0.0589 e. The first kappa shape index (κ1) is 10.4. The molecule has 0 aliphatic carbocycles. The molecule has 0 unspecified atom stereocenters. The van der Waals surface area contributed by atoms with Crippen LogP contribution < -0.4 is 0 Å². The summed E-state index contributed by atoms with van der Waals surface area (Å²) in [5.74, 6) is 0. The van der Waals surface area contributed by atoms with Gasteiger partial charge in [0.2, 0.25) is 0 Å². The molecule has 2 aromatic heterocycles. The van der Waals surface area contributed by atoms with Gasteiger partial charge >= 0.3 is 0 Å². The predicted octanol–water partition coefficient (Wildman–Crippen LogP) is 4.72. The lowest BCUT2D eigenvalue weighted by Crippen LogP contribution is -1.77. The van der Waals surface area contributed by atoms with Crippen LogP contribution in [0.25, 0.3) is 21.8 Å². The summed E-state index contributed by atoms with van der Waals surface area (Å²) in [6.07, 6.45) is 0. The lowest BCUT2D eigenvalue weighted by molar-refractivity contribution is 1.39. The molecule has 0 fully saturated rings. The number of aryl methyl sites for hydroxylation is 1. The number of rotatable bonds is 2. The summed E-state index contributed by atoms with van der Waals surface area (Å²) < 4.78 is 0. The minimum atomic E-state index is 1.19. The lowest BCUT2D eigenvalue weighted by atomic mass is 10.1. The van der Waals surface area contributed by atoms with Crippen LogP contribution >= 0.6 is 11.3 Å². The van der Waals surface area contributed by atoms with E-state index in [1.54, 1.807) is 11.3 Å². The number of thiophene rings is 1. The summed E-state index contributed by atoms with van der Waals surface area (Å²) >= 11 is 1.77. The Kier molecular flexibility index (Phi) is 2.57. The second-order valence-electron chi connectivity index (χ2n) is 4.08. The fourth-order valence-electron chi connectivity index (χ4n) is 2.01. The summed E-state index contributed by atoms with van der Waals surface area (Å²) in [7, 11) is 0. The van der Waals surface area contributed by atoms with Gasteiger partial charge in [-0.1, -0.05) is 36.4 Å². The Bertz CT molecular complexity index is 606. The molecule has 3 aromatic rings. The molecule has 17 heavy (non-hydrogen) atoms. The average Bonchev–Trinajstić information content (AvgIpc) is 2.99. The molecule has 0 spiro atoms. The summed E-state index contributed by atoms with van der Waals surface area (Å²) in [6, 6.07) is 16.9. The quantitative estimate of drug-likeness (QED) is 0.666. The molecule has 0 atom stereocenters. The third kappa shape index (κ3) is 1.92. The van der Waals surface area contributed by atoms with Crippen LogP contribution in [0, 0.1) is 6.92 Å². The van der Waals surface area contributed by atoms with Crippen molar-refractivity contribution in [3.8, 4) is 21.8 Å². The van der Waals surface area contributed by atoms with Crippen molar-refractivity contribution in [2.75, 3.05) is 0 Å². The van der Waals surface area contributed by atoms with Crippen molar-refractivity contribution in [1.82, 2.24) is 4.98 Å². The topological polar surface area (TPSA) is 15.8 Å². The van der Waals surface area contributed by atoms with Gasteiger partial charge in [0.1, 0.15) is 0 Å². The standard InChI is InChI=1S/C15H13NS/c1-11-10-13(12-6-3-2-4-7-12)16-15(11)14-8-5-9-17-14/h2-10,16H,1H3. The van der Waals surface area contributed by atoms with Gasteiger partial charge in [0.05, 0.1) is 10.6 Å². The molecule has 0 saturated carbocycles. The van der Waals surface area contributed by atoms with Crippen LogP contribution in [-0.4, -0.2) is 4.98 Å². The monoisotopic (exact) mass is 239 g/mol. The van der Waals surface area contributed by atoms with Crippen LogP contribution in [0.15, 0.2) is 53.9 Å². The number of aromatic nitrogens is 1. The molecule has 3 rings (SSSR count). The molecule has 0 amide bonds. The van der Waals surface area contributed by atoms with Crippen LogP contribution in [0.5, 0.6) is 0 Å². The van der Waals surface area contributed by atoms with Crippen LogP contribution in [0.4, 0.5) is 0 Å². The molecular formula is C15H13NS. The van der Waals surface area contributed by atoms with Gasteiger partial charge < -0.3 is 4.98 Å². The van der Waals surface area contributed by atoms with Crippen LogP contribution in [0.1, 0.15) is 5.56 Å². The molecule has 2 heteroatoms. The Morgan fingerprint density at radius 3 is 2.53 bits per heavy atom. The van der Waals surface area contributed by atoms with Crippen molar-refractivity contribution in [3.05, 3.63) is 59.5 Å². The second-order valence-corrected chi connectivity index (χ2v) is 5.03. The van der Waals surface area contributed by atoms with E-state index in [2.05, 4.69) is 59.8 Å². The Balaban J connectivity index is 2.08. The molecule has 0 bridgehead atoms. The maximum absolute atomic E-state index is 3.51. The number of hydrogen-bond donors (Lipinski definition) is 1. The number of hydrogen-bond acceptors (Lipinski definition) is 1. The third-order valence-corrected chi connectivity index (χ3v) is 3.75. The molecule has 0 radical (unpaired) electrons. The molecule has 84 valence electrons. The van der Waals surface area contributed by atoms with Gasteiger partial charge in [-0.25, -0.2) is 0 Å². The van der Waals surface area contributed by atoms with Gasteiger partial charge in [0.25, 0.3) is 0 Å². The highest BCUT2D eigenvalue weighted by atomic mass is 32.1. The number of H-pyrrole nitrogens is 1. The van der Waals surface area contributed by atoms with Crippen molar-refractivity contribution in [2.45, 2.75) is 6.92 Å². The summed E-state index contributed by atoms with van der Waals surface area (Å²) in [4.78, 5) is 4.81. The number of benzene rings is 1. The van der Waals surface area contributed by atoms with E-state index < -0.39 is 0 Å². The Morgan fingerprint density at radius 2 is 1.82 bits per heavy atom. The fourth-order valence-corrected chi connectivity index (χ4v) is 2.80. The first-order chi connectivity index (χ1) is 8.34. The highest BCUT2D eigenvalue weighted by molar-refractivity contribution is 7.13. The van der Waals surface area contributed by atoms with Gasteiger partial charge in [-0.15, -0.1) is 11.3 Å². The van der Waals surface area contributed by atoms with Gasteiger partial charge in [0.15, 0.2) is 0 Å². The minimum absolute atomic E-state index is 1.19. The second kappa shape index (κ2) is 4.22. The summed E-state index contributed by atoms with van der Waals surface area (Å²) in [6.45, 7) is 2.15. The SMILES string of the molecule is Cc1cc(-c2ccccc2)[nH]c1-c1cccs1. The third-order valence-electron chi connectivity index (χ3n) is 2.87. The first-order valence-electron chi connectivity index (χ1n) is 5.63. The highest BCUT2D eigenvalue weighted by Gasteiger charge is 2.08. The molecule has 2 heterocycles. The fraction of sp³-hybridized carbons (Fsp3) is 0.0667. The van der Waals surface area contributed by atoms with Crippen molar-refractivity contribution >= 4 is 11.3 Å². The molecule has 0 saturated heterocycles. The van der Waals surface area contributed by atoms with E-state index in [9.17, 15) is 0 Å². The van der Waals surface area contributed by atoms with E-state index >= 15 is 0 Å². The highest BCUT2D eigenvalue weighted by Crippen LogP contribution is 2.30. The van der Waals surface area contributed by atoms with E-state index in [1.807, 2.05) is 6.07 Å². The van der Waals surface area contributed by atoms with Gasteiger partial charge in [-0.2, -0.15) is 0 Å². The molecule has 1 aromatic carbocycles. The number of nitrogens with one attached hydrogen (secondary N) is 1. The van der Waals surface area contributed by atoms with Gasteiger partial charge in [0, 0.05) is 5.69 Å². The van der Waals surface area contributed by atoms with Gasteiger partial charge in [-0.3, -0.25) is 0 Å². The van der Waals surface area contributed by atoms with Crippen LogP contribution in [-0.2, 0) is 0 Å². The zero-order valence-corrected chi connectivity index (χ0v) is 10.4. The van der Waals surface area contributed by atoms with Gasteiger partial charge in [-0.05, 0) is 35.6 Å². The van der Waals surface area contributed by atoms with E-state index in [0.29, 0.717) is 0 Å².